The summed E-state index contributed by atoms with van der Waals surface area (Å²) in [6.45, 7) is 5.68. The monoisotopic (exact) mass is 406 g/mol. The average Bonchev–Trinajstić information content (AvgIpc) is 3.32. The first-order valence-corrected chi connectivity index (χ1v) is 10.1. The van der Waals surface area contributed by atoms with E-state index in [-0.39, 0.29) is 0 Å². The molecule has 0 spiro atoms. The van der Waals surface area contributed by atoms with Crippen LogP contribution in [0.4, 0.5) is 5.82 Å². The molecule has 4 rings (SSSR count). The molecule has 9 heteroatoms. The molecule has 1 N–H and O–H groups in total. The summed E-state index contributed by atoms with van der Waals surface area (Å²) >= 11 is 0. The molecule has 0 fully saturated rings. The third-order valence-electron chi connectivity index (χ3n) is 4.83. The van der Waals surface area contributed by atoms with Crippen LogP contribution in [0.1, 0.15) is 32.3 Å². The zero-order valence-electron chi connectivity index (χ0n) is 17.5. The minimum Gasteiger partial charge on any atom is -0.459 e. The minimum absolute atomic E-state index is 0.328. The number of hydrogen-bond acceptors (Lipinski definition) is 7. The number of ether oxygens (including phenoxy) is 1. The summed E-state index contributed by atoms with van der Waals surface area (Å²) < 4.78 is 9.55. The third kappa shape index (κ3) is 4.24. The zero-order valence-corrected chi connectivity index (χ0v) is 17.5. The molecule has 0 atom stereocenters. The van der Waals surface area contributed by atoms with Gasteiger partial charge in [0.05, 0.1) is 11.0 Å². The number of tetrazole rings is 1. The van der Waals surface area contributed by atoms with Crippen LogP contribution in [-0.2, 0) is 13.7 Å². The Kier molecular flexibility index (Phi) is 5.87. The van der Waals surface area contributed by atoms with Crippen LogP contribution in [0, 0.1) is 5.92 Å². The van der Waals surface area contributed by atoms with Crippen molar-refractivity contribution in [1.29, 1.82) is 0 Å². The van der Waals surface area contributed by atoms with Crippen molar-refractivity contribution < 1.29 is 4.74 Å². The quantitative estimate of drug-likeness (QED) is 0.426. The standard InChI is InChI=1S/C21H26N8O/c1-15(2)8-6-12-22-19-16(9-7-13-23-19)14-30-21-24-17-10-4-5-11-18(17)29(21)20-25-26-27-28(20)3/h4-5,7,9-11,13,15H,6,8,12,14H2,1-3H3,(H,22,23). The van der Waals surface area contributed by atoms with E-state index < -0.39 is 0 Å². The van der Waals surface area contributed by atoms with Gasteiger partial charge in [-0.15, -0.1) is 0 Å². The van der Waals surface area contributed by atoms with Crippen LogP contribution in [0.5, 0.6) is 6.01 Å². The number of imidazole rings is 1. The number of nitrogens with one attached hydrogen (secondary N) is 1. The van der Waals surface area contributed by atoms with Crippen molar-refractivity contribution in [3.63, 3.8) is 0 Å². The fourth-order valence-electron chi connectivity index (χ4n) is 3.28. The van der Waals surface area contributed by atoms with Crippen LogP contribution >= 0.6 is 0 Å². The van der Waals surface area contributed by atoms with Crippen molar-refractivity contribution >= 4 is 16.9 Å². The Morgan fingerprint density at radius 1 is 1.13 bits per heavy atom. The molecule has 0 aliphatic carbocycles. The van der Waals surface area contributed by atoms with Crippen LogP contribution in [0.3, 0.4) is 0 Å². The maximum absolute atomic E-state index is 6.14. The largest absolute Gasteiger partial charge is 0.459 e. The number of para-hydroxylation sites is 2. The van der Waals surface area contributed by atoms with Crippen molar-refractivity contribution in [2.45, 2.75) is 33.3 Å². The molecule has 3 aromatic heterocycles. The number of fused-ring (bicyclic) bond motifs is 1. The van der Waals surface area contributed by atoms with Crippen molar-refractivity contribution in [2.75, 3.05) is 11.9 Å². The maximum atomic E-state index is 6.14. The number of hydrogen-bond donors (Lipinski definition) is 1. The molecule has 0 radical (unpaired) electrons. The maximum Gasteiger partial charge on any atom is 0.304 e. The molecule has 0 bridgehead atoms. The van der Waals surface area contributed by atoms with E-state index in [9.17, 15) is 0 Å². The van der Waals surface area contributed by atoms with Gasteiger partial charge in [-0.1, -0.05) is 37.1 Å². The Labute approximate surface area is 175 Å². The lowest BCUT2D eigenvalue weighted by Crippen LogP contribution is -2.11. The second-order valence-corrected chi connectivity index (χ2v) is 7.58. The van der Waals surface area contributed by atoms with Gasteiger partial charge in [-0.05, 0) is 47.4 Å². The van der Waals surface area contributed by atoms with Crippen LogP contribution in [-0.4, -0.2) is 41.3 Å². The van der Waals surface area contributed by atoms with E-state index in [1.807, 2.05) is 41.0 Å². The smallest absolute Gasteiger partial charge is 0.304 e. The van der Waals surface area contributed by atoms with E-state index in [0.717, 1.165) is 35.4 Å². The Morgan fingerprint density at radius 3 is 2.80 bits per heavy atom. The van der Waals surface area contributed by atoms with Gasteiger partial charge in [0.25, 0.3) is 5.95 Å². The number of anilines is 1. The van der Waals surface area contributed by atoms with Crippen LogP contribution in [0.25, 0.3) is 17.0 Å². The van der Waals surface area contributed by atoms with Gasteiger partial charge < -0.3 is 10.1 Å². The summed E-state index contributed by atoms with van der Waals surface area (Å²) in [5.74, 6) is 2.07. The lowest BCUT2D eigenvalue weighted by atomic mass is 10.1. The Morgan fingerprint density at radius 2 is 2.00 bits per heavy atom. The third-order valence-corrected chi connectivity index (χ3v) is 4.83. The molecule has 0 unspecified atom stereocenters. The van der Waals surface area contributed by atoms with E-state index in [0.29, 0.717) is 24.5 Å². The van der Waals surface area contributed by atoms with E-state index in [4.69, 9.17) is 4.74 Å². The summed E-state index contributed by atoms with van der Waals surface area (Å²) in [5.41, 5.74) is 2.66. The van der Waals surface area contributed by atoms with Gasteiger partial charge in [-0.2, -0.15) is 4.98 Å². The van der Waals surface area contributed by atoms with Gasteiger partial charge in [0, 0.05) is 25.4 Å². The highest BCUT2D eigenvalue weighted by atomic mass is 16.5. The van der Waals surface area contributed by atoms with Crippen molar-refractivity contribution in [1.82, 2.24) is 34.7 Å². The highest BCUT2D eigenvalue weighted by Crippen LogP contribution is 2.26. The van der Waals surface area contributed by atoms with Gasteiger partial charge in [-0.3, -0.25) is 0 Å². The van der Waals surface area contributed by atoms with Crippen LogP contribution in [0.15, 0.2) is 42.6 Å². The van der Waals surface area contributed by atoms with Gasteiger partial charge in [-0.25, -0.2) is 14.2 Å². The van der Waals surface area contributed by atoms with Crippen molar-refractivity contribution in [2.24, 2.45) is 13.0 Å². The Bertz CT molecular complexity index is 1120. The summed E-state index contributed by atoms with van der Waals surface area (Å²) in [6.07, 6.45) is 4.07. The summed E-state index contributed by atoms with van der Waals surface area (Å²) in [5, 5.41) is 15.2. The second-order valence-electron chi connectivity index (χ2n) is 7.58. The number of pyridine rings is 1. The molecule has 0 aliphatic heterocycles. The average molecular weight is 406 g/mol. The normalized spacial score (nSPS) is 11.3. The Hall–Kier alpha value is -3.49. The molecular formula is C21H26N8O. The van der Waals surface area contributed by atoms with Gasteiger partial charge in [0.15, 0.2) is 0 Å². The molecule has 0 amide bonds. The molecule has 0 aliphatic rings. The molecule has 30 heavy (non-hydrogen) atoms. The topological polar surface area (TPSA) is 95.6 Å². The zero-order chi connectivity index (χ0) is 20.9. The molecule has 156 valence electrons. The lowest BCUT2D eigenvalue weighted by Gasteiger charge is -2.13. The number of benzene rings is 1. The summed E-state index contributed by atoms with van der Waals surface area (Å²) in [6, 6.07) is 12.2. The number of aryl methyl sites for hydroxylation is 1. The van der Waals surface area contributed by atoms with E-state index in [2.05, 4.69) is 44.7 Å². The number of aromatic nitrogens is 7. The molecule has 9 nitrogen and oxygen atoms in total. The molecule has 4 aromatic rings. The van der Waals surface area contributed by atoms with E-state index in [1.54, 1.807) is 17.9 Å². The lowest BCUT2D eigenvalue weighted by molar-refractivity contribution is 0.276. The van der Waals surface area contributed by atoms with E-state index in [1.165, 1.54) is 6.42 Å². The van der Waals surface area contributed by atoms with Gasteiger partial charge >= 0.3 is 6.01 Å². The number of rotatable bonds is 9. The van der Waals surface area contributed by atoms with Gasteiger partial charge in [0.1, 0.15) is 12.4 Å². The predicted octanol–water partition coefficient (Wildman–Crippen LogP) is 3.37. The summed E-state index contributed by atoms with van der Waals surface area (Å²) in [4.78, 5) is 9.12. The fourth-order valence-corrected chi connectivity index (χ4v) is 3.28. The number of nitrogens with zero attached hydrogens (tertiary/aromatic N) is 7. The minimum atomic E-state index is 0.328. The summed E-state index contributed by atoms with van der Waals surface area (Å²) in [7, 11) is 1.79. The first-order valence-electron chi connectivity index (χ1n) is 10.1. The molecule has 3 heterocycles. The van der Waals surface area contributed by atoms with Crippen LogP contribution in [0.2, 0.25) is 0 Å². The van der Waals surface area contributed by atoms with Gasteiger partial charge in [0.2, 0.25) is 0 Å². The van der Waals surface area contributed by atoms with Crippen LogP contribution < -0.4 is 10.1 Å². The van der Waals surface area contributed by atoms with Crippen molar-refractivity contribution in [3.05, 3.63) is 48.2 Å². The molecular weight excluding hydrogens is 380 g/mol. The predicted molar refractivity (Wildman–Crippen MR) is 115 cm³/mol. The van der Waals surface area contributed by atoms with E-state index >= 15 is 0 Å². The van der Waals surface area contributed by atoms with Crippen molar-refractivity contribution in [3.8, 4) is 12.0 Å². The molecule has 1 aromatic carbocycles. The Balaban J connectivity index is 1.56. The molecule has 0 saturated heterocycles. The fraction of sp³-hybridized carbons (Fsp3) is 0.381. The SMILES string of the molecule is CC(C)CCCNc1ncccc1COc1nc2ccccc2n1-c1nnnn1C. The highest BCUT2D eigenvalue weighted by Gasteiger charge is 2.18. The first kappa shape index (κ1) is 19.8. The second kappa shape index (κ2) is 8.89. The first-order chi connectivity index (χ1) is 14.6. The molecule has 0 saturated carbocycles. The highest BCUT2D eigenvalue weighted by molar-refractivity contribution is 5.78.